The van der Waals surface area contributed by atoms with Gasteiger partial charge in [-0.25, -0.2) is 0 Å². The molecule has 1 heterocycles. The minimum atomic E-state index is 1.19. The first-order valence-electron chi connectivity index (χ1n) is 3.39. The van der Waals surface area contributed by atoms with Crippen molar-refractivity contribution in [3.05, 3.63) is 34.7 Å². The quantitative estimate of drug-likeness (QED) is 0.551. The van der Waals surface area contributed by atoms with Crippen LogP contribution in [0.25, 0.3) is 11.6 Å². The Kier molecular flexibility index (Phi) is 1.78. The normalized spacial score (nSPS) is 14.2. The third kappa shape index (κ3) is 1.35. The molecule has 54 valence electrons. The Balaban J connectivity index is 2.81. The fourth-order valence-electron chi connectivity index (χ4n) is 0.985. The van der Waals surface area contributed by atoms with E-state index in [4.69, 9.17) is 0 Å². The van der Waals surface area contributed by atoms with E-state index in [1.165, 1.54) is 10.4 Å². The van der Waals surface area contributed by atoms with E-state index in [9.17, 15) is 0 Å². The van der Waals surface area contributed by atoms with Gasteiger partial charge in [-0.1, -0.05) is 36.0 Å². The summed E-state index contributed by atoms with van der Waals surface area (Å²) < 4.78 is 0. The number of fused-ring (bicyclic) bond motifs is 1. The lowest BCUT2D eigenvalue weighted by atomic mass is 10.3. The lowest BCUT2D eigenvalue weighted by molar-refractivity contribution is 1.51. The summed E-state index contributed by atoms with van der Waals surface area (Å²) in [5, 5.41) is 4.53. The molecule has 1 aliphatic heterocycles. The summed E-state index contributed by atoms with van der Waals surface area (Å²) in [6, 6.07) is 8.21. The molecular formula is C9H7NS. The summed E-state index contributed by atoms with van der Waals surface area (Å²) >= 11 is 1.61. The highest BCUT2D eigenvalue weighted by molar-refractivity contribution is 8.18. The zero-order valence-electron chi connectivity index (χ0n) is 5.90. The van der Waals surface area contributed by atoms with Crippen LogP contribution in [0.5, 0.6) is 0 Å². The van der Waals surface area contributed by atoms with E-state index in [-0.39, 0.29) is 0 Å². The second-order valence-corrected chi connectivity index (χ2v) is 2.99. The van der Waals surface area contributed by atoms with Gasteiger partial charge >= 0.3 is 0 Å². The van der Waals surface area contributed by atoms with E-state index in [0.29, 0.717) is 0 Å². The Morgan fingerprint density at radius 3 is 2.82 bits per heavy atom. The van der Waals surface area contributed by atoms with Gasteiger partial charge in [-0.15, -0.1) is 0 Å². The number of nitrogens with zero attached hydrogens (tertiary/aromatic N) is 1. The first-order valence-corrected chi connectivity index (χ1v) is 4.34. The fourth-order valence-corrected chi connectivity index (χ4v) is 1.54. The Labute approximate surface area is 69.2 Å². The summed E-state index contributed by atoms with van der Waals surface area (Å²) in [4.78, 5) is 4.09. The molecule has 0 aliphatic carbocycles. The van der Waals surface area contributed by atoms with Gasteiger partial charge in [-0.05, 0) is 10.6 Å². The van der Waals surface area contributed by atoms with Gasteiger partial charge in [-0.2, -0.15) is 0 Å². The molecular weight excluding hydrogens is 154 g/mol. The summed E-state index contributed by atoms with van der Waals surface area (Å²) in [6.45, 7) is 0. The Bertz CT molecular complexity index is 392. The summed E-state index contributed by atoms with van der Waals surface area (Å²) in [7, 11) is 0. The van der Waals surface area contributed by atoms with Gasteiger partial charge in [0, 0.05) is 11.4 Å². The van der Waals surface area contributed by atoms with E-state index in [0.717, 1.165) is 0 Å². The molecule has 0 bridgehead atoms. The van der Waals surface area contributed by atoms with E-state index in [1.54, 1.807) is 11.8 Å². The third-order valence-corrected chi connectivity index (χ3v) is 2.16. The zero-order valence-corrected chi connectivity index (χ0v) is 6.71. The van der Waals surface area contributed by atoms with Gasteiger partial charge in [0.15, 0.2) is 0 Å². The number of hydrogen-bond donors (Lipinski definition) is 0. The van der Waals surface area contributed by atoms with E-state index >= 15 is 0 Å². The molecule has 2 heteroatoms. The van der Waals surface area contributed by atoms with Crippen LogP contribution in [0.3, 0.4) is 0 Å². The average molecular weight is 161 g/mol. The zero-order chi connectivity index (χ0) is 7.52. The summed E-state index contributed by atoms with van der Waals surface area (Å²) in [5.41, 5.74) is 1.83. The van der Waals surface area contributed by atoms with Crippen LogP contribution in [0.1, 0.15) is 0 Å². The van der Waals surface area contributed by atoms with Gasteiger partial charge in [0.1, 0.15) is 0 Å². The number of rotatable bonds is 0. The molecule has 0 unspecified atom stereocenters. The summed E-state index contributed by atoms with van der Waals surface area (Å²) in [5.74, 6) is 0. The van der Waals surface area contributed by atoms with E-state index < -0.39 is 0 Å². The van der Waals surface area contributed by atoms with Crippen LogP contribution in [0.4, 0.5) is 0 Å². The molecule has 0 radical (unpaired) electrons. The second-order valence-electron chi connectivity index (χ2n) is 2.27. The van der Waals surface area contributed by atoms with Gasteiger partial charge in [-0.3, -0.25) is 4.99 Å². The molecule has 11 heavy (non-hydrogen) atoms. The highest BCUT2D eigenvalue weighted by atomic mass is 32.2. The first-order chi connectivity index (χ1) is 5.47. The molecule has 0 aromatic heterocycles. The number of aliphatic imine (C=N–C) groups is 1. The van der Waals surface area contributed by atoms with Gasteiger partial charge in [0.2, 0.25) is 0 Å². The molecule has 0 amide bonds. The minimum absolute atomic E-state index is 1.19. The van der Waals surface area contributed by atoms with Crippen molar-refractivity contribution in [2.75, 3.05) is 0 Å². The highest BCUT2D eigenvalue weighted by Crippen LogP contribution is 1.96. The van der Waals surface area contributed by atoms with Gasteiger partial charge < -0.3 is 0 Å². The van der Waals surface area contributed by atoms with Gasteiger partial charge in [0.05, 0.1) is 5.55 Å². The molecule has 0 fully saturated rings. The monoisotopic (exact) mass is 161 g/mol. The molecule has 0 saturated carbocycles. The molecule has 1 nitrogen and oxygen atoms in total. The van der Waals surface area contributed by atoms with Crippen molar-refractivity contribution in [3.63, 3.8) is 0 Å². The molecule has 1 aliphatic rings. The van der Waals surface area contributed by atoms with Crippen molar-refractivity contribution >= 4 is 28.9 Å². The molecule has 1 aromatic carbocycles. The maximum absolute atomic E-state index is 4.09. The predicted octanol–water partition coefficient (Wildman–Crippen LogP) is 0.938. The Morgan fingerprint density at radius 2 is 1.91 bits per heavy atom. The first kappa shape index (κ1) is 6.68. The van der Waals surface area contributed by atoms with Crippen molar-refractivity contribution in [2.24, 2.45) is 4.99 Å². The molecule has 0 saturated heterocycles. The Hall–Kier alpha value is -1.02. The molecule has 1 aromatic rings. The van der Waals surface area contributed by atoms with Crippen LogP contribution in [0.2, 0.25) is 0 Å². The predicted molar refractivity (Wildman–Crippen MR) is 50.7 cm³/mol. The third-order valence-electron chi connectivity index (χ3n) is 1.53. The minimum Gasteiger partial charge on any atom is -0.257 e. The lowest BCUT2D eigenvalue weighted by Gasteiger charge is -1.84. The topological polar surface area (TPSA) is 12.4 Å². The van der Waals surface area contributed by atoms with Crippen LogP contribution in [-0.4, -0.2) is 5.55 Å². The van der Waals surface area contributed by atoms with Crippen LogP contribution >= 0.6 is 11.8 Å². The van der Waals surface area contributed by atoms with Gasteiger partial charge in [0.25, 0.3) is 0 Å². The average Bonchev–Trinajstić information content (AvgIpc) is 2.28. The van der Waals surface area contributed by atoms with Crippen molar-refractivity contribution in [1.29, 1.82) is 0 Å². The molecule has 0 atom stereocenters. The van der Waals surface area contributed by atoms with E-state index in [1.807, 2.05) is 23.9 Å². The van der Waals surface area contributed by atoms with Crippen LogP contribution in [0.15, 0.2) is 29.3 Å². The highest BCUT2D eigenvalue weighted by Gasteiger charge is 1.85. The summed E-state index contributed by atoms with van der Waals surface area (Å²) in [6.07, 6.45) is 1.88. The van der Waals surface area contributed by atoms with Crippen molar-refractivity contribution in [3.8, 4) is 0 Å². The van der Waals surface area contributed by atoms with E-state index in [2.05, 4.69) is 22.5 Å². The van der Waals surface area contributed by atoms with Crippen LogP contribution in [-0.2, 0) is 0 Å². The standard InChI is InChI=1S/C9H7NS/c1-2-4-9-6-11-7-10-5-8(9)3-1/h1-7H. The largest absolute Gasteiger partial charge is 0.257 e. The van der Waals surface area contributed by atoms with Crippen molar-refractivity contribution in [1.82, 2.24) is 0 Å². The fraction of sp³-hybridized carbons (Fsp3) is 0. The Morgan fingerprint density at radius 1 is 1.09 bits per heavy atom. The van der Waals surface area contributed by atoms with Crippen LogP contribution in [0, 0.1) is 0 Å². The number of hydrogen-bond acceptors (Lipinski definition) is 2. The lowest BCUT2D eigenvalue weighted by Crippen LogP contribution is -2.22. The SMILES string of the molecule is C1=NC=c2ccccc2=CS1. The smallest absolute Gasteiger partial charge is 0.0639 e. The van der Waals surface area contributed by atoms with Crippen molar-refractivity contribution in [2.45, 2.75) is 0 Å². The second kappa shape index (κ2) is 2.93. The molecule has 2 rings (SSSR count). The van der Waals surface area contributed by atoms with Crippen molar-refractivity contribution < 1.29 is 0 Å². The van der Waals surface area contributed by atoms with Crippen LogP contribution < -0.4 is 10.4 Å². The maximum Gasteiger partial charge on any atom is 0.0639 e. The number of benzene rings is 1. The number of thioether (sulfide) groups is 1. The molecule has 0 N–H and O–H groups in total. The molecule has 0 spiro atoms. The maximum atomic E-state index is 4.09.